The first-order valence-electron chi connectivity index (χ1n) is 6.85. The van der Waals surface area contributed by atoms with Crippen LogP contribution in [0.5, 0.6) is 0 Å². The van der Waals surface area contributed by atoms with E-state index in [0.29, 0.717) is 6.54 Å². The molecule has 20 heavy (non-hydrogen) atoms. The second kappa shape index (κ2) is 7.09. The molecule has 0 saturated carbocycles. The number of nitrogens with zero attached hydrogens (tertiary/aromatic N) is 1. The fourth-order valence-corrected chi connectivity index (χ4v) is 3.01. The van der Waals surface area contributed by atoms with Gasteiger partial charge in [-0.1, -0.05) is 0 Å². The van der Waals surface area contributed by atoms with Gasteiger partial charge in [0.1, 0.15) is 0 Å². The van der Waals surface area contributed by atoms with Gasteiger partial charge < -0.3 is 15.0 Å². The van der Waals surface area contributed by atoms with Gasteiger partial charge in [0.05, 0.1) is 12.1 Å². The standard InChI is InChI=1S/C15H26N2O2S/c1-11(9-15(3,4)19-6)16-14(18)17(5)10-13-8-7-12(2)20-13/h7-8,11H,9-10H2,1-6H3,(H,16,18)/t11-/m1/s1. The van der Waals surface area contributed by atoms with Gasteiger partial charge in [-0.2, -0.15) is 0 Å². The number of methoxy groups -OCH3 is 1. The van der Waals surface area contributed by atoms with Crippen molar-refractivity contribution in [3.8, 4) is 0 Å². The van der Waals surface area contributed by atoms with Crippen LogP contribution in [0.25, 0.3) is 0 Å². The predicted molar refractivity (Wildman–Crippen MR) is 84.2 cm³/mol. The lowest BCUT2D eigenvalue weighted by Crippen LogP contribution is -2.44. The largest absolute Gasteiger partial charge is 0.379 e. The molecular weight excluding hydrogens is 272 g/mol. The van der Waals surface area contributed by atoms with Crippen molar-refractivity contribution in [2.45, 2.75) is 52.3 Å². The minimum atomic E-state index is -0.226. The van der Waals surface area contributed by atoms with Crippen LogP contribution in [0, 0.1) is 6.92 Å². The Morgan fingerprint density at radius 1 is 1.50 bits per heavy atom. The molecule has 0 aliphatic carbocycles. The summed E-state index contributed by atoms with van der Waals surface area (Å²) in [4.78, 5) is 16.3. The molecule has 1 aromatic rings. The predicted octanol–water partition coefficient (Wildman–Crippen LogP) is 3.40. The summed E-state index contributed by atoms with van der Waals surface area (Å²) in [6.07, 6.45) is 0.779. The van der Waals surface area contributed by atoms with Crippen molar-refractivity contribution in [1.82, 2.24) is 10.2 Å². The van der Waals surface area contributed by atoms with Crippen LogP contribution in [0.3, 0.4) is 0 Å². The highest BCUT2D eigenvalue weighted by Crippen LogP contribution is 2.17. The number of nitrogens with one attached hydrogen (secondary N) is 1. The number of amides is 2. The lowest BCUT2D eigenvalue weighted by atomic mass is 10.00. The first kappa shape index (κ1) is 17.0. The zero-order chi connectivity index (χ0) is 15.3. The van der Waals surface area contributed by atoms with E-state index >= 15 is 0 Å². The molecule has 0 bridgehead atoms. The van der Waals surface area contributed by atoms with Crippen LogP contribution in [0.2, 0.25) is 0 Å². The van der Waals surface area contributed by atoms with Crippen LogP contribution in [-0.2, 0) is 11.3 Å². The van der Waals surface area contributed by atoms with Crippen LogP contribution in [0.1, 0.15) is 36.9 Å². The van der Waals surface area contributed by atoms with Crippen LogP contribution in [-0.4, -0.2) is 36.7 Å². The molecule has 1 N–H and O–H groups in total. The number of carbonyl (C=O) groups is 1. The molecule has 0 saturated heterocycles. The number of ether oxygens (including phenoxy) is 1. The molecule has 0 fully saturated rings. The quantitative estimate of drug-likeness (QED) is 0.874. The summed E-state index contributed by atoms with van der Waals surface area (Å²) < 4.78 is 5.39. The molecule has 0 spiro atoms. The van der Waals surface area contributed by atoms with E-state index in [0.717, 1.165) is 6.42 Å². The molecule has 114 valence electrons. The van der Waals surface area contributed by atoms with Crippen LogP contribution < -0.4 is 5.32 Å². The van der Waals surface area contributed by atoms with E-state index in [1.165, 1.54) is 9.75 Å². The van der Waals surface area contributed by atoms with Gasteiger partial charge >= 0.3 is 6.03 Å². The lowest BCUT2D eigenvalue weighted by molar-refractivity contribution is 0.00919. The molecule has 1 atom stereocenters. The van der Waals surface area contributed by atoms with Gasteiger partial charge in [-0.3, -0.25) is 0 Å². The summed E-state index contributed by atoms with van der Waals surface area (Å²) in [7, 11) is 3.51. The highest BCUT2D eigenvalue weighted by Gasteiger charge is 2.22. The normalized spacial score (nSPS) is 13.1. The minimum absolute atomic E-state index is 0.0459. The van der Waals surface area contributed by atoms with Crippen LogP contribution >= 0.6 is 11.3 Å². The third-order valence-electron chi connectivity index (χ3n) is 3.26. The number of hydrogen-bond acceptors (Lipinski definition) is 3. The Hall–Kier alpha value is -1.07. The van der Waals surface area contributed by atoms with Gasteiger partial charge in [0.15, 0.2) is 0 Å². The average Bonchev–Trinajstić information content (AvgIpc) is 2.73. The smallest absolute Gasteiger partial charge is 0.317 e. The van der Waals surface area contributed by atoms with E-state index < -0.39 is 0 Å². The van der Waals surface area contributed by atoms with Crippen LogP contribution in [0.4, 0.5) is 4.79 Å². The summed E-state index contributed by atoms with van der Waals surface area (Å²) in [5.74, 6) is 0. The van der Waals surface area contributed by atoms with Gasteiger partial charge in [0.2, 0.25) is 0 Å². The highest BCUT2D eigenvalue weighted by atomic mass is 32.1. The van der Waals surface area contributed by atoms with E-state index in [1.807, 2.05) is 27.8 Å². The Balaban J connectivity index is 2.45. The van der Waals surface area contributed by atoms with E-state index in [2.05, 4.69) is 24.4 Å². The number of carbonyl (C=O) groups excluding carboxylic acids is 1. The van der Waals surface area contributed by atoms with Crippen molar-refractivity contribution in [2.24, 2.45) is 0 Å². The van der Waals surface area contributed by atoms with Gasteiger partial charge in [0, 0.05) is 30.0 Å². The maximum absolute atomic E-state index is 12.1. The topological polar surface area (TPSA) is 41.6 Å². The second-order valence-corrected chi connectivity index (χ2v) is 7.26. The van der Waals surface area contributed by atoms with Crippen molar-refractivity contribution >= 4 is 17.4 Å². The summed E-state index contributed by atoms with van der Waals surface area (Å²) in [6.45, 7) is 8.76. The molecule has 1 rings (SSSR count). The zero-order valence-electron chi connectivity index (χ0n) is 13.3. The Labute approximate surface area is 126 Å². The van der Waals surface area contributed by atoms with Gasteiger partial charge in [-0.25, -0.2) is 4.79 Å². The molecule has 0 aliphatic heterocycles. The third kappa shape index (κ3) is 5.51. The van der Waals surface area contributed by atoms with Crippen molar-refractivity contribution in [3.63, 3.8) is 0 Å². The fraction of sp³-hybridized carbons (Fsp3) is 0.667. The maximum Gasteiger partial charge on any atom is 0.317 e. The van der Waals surface area contributed by atoms with Crippen molar-refractivity contribution in [1.29, 1.82) is 0 Å². The van der Waals surface area contributed by atoms with Gasteiger partial charge in [0.25, 0.3) is 0 Å². The minimum Gasteiger partial charge on any atom is -0.379 e. The SMILES string of the molecule is COC(C)(C)C[C@@H](C)NC(=O)N(C)Cc1ccc(C)s1. The lowest BCUT2D eigenvalue weighted by Gasteiger charge is -2.28. The zero-order valence-corrected chi connectivity index (χ0v) is 14.1. The molecule has 1 heterocycles. The van der Waals surface area contributed by atoms with Crippen molar-refractivity contribution in [3.05, 3.63) is 21.9 Å². The van der Waals surface area contributed by atoms with Crippen molar-refractivity contribution < 1.29 is 9.53 Å². The number of urea groups is 1. The molecule has 0 unspecified atom stereocenters. The summed E-state index contributed by atoms with van der Waals surface area (Å²) in [5.41, 5.74) is -0.226. The monoisotopic (exact) mass is 298 g/mol. The number of thiophene rings is 1. The van der Waals surface area contributed by atoms with Gasteiger partial charge in [-0.05, 0) is 46.2 Å². The number of rotatable bonds is 6. The first-order valence-corrected chi connectivity index (χ1v) is 7.67. The fourth-order valence-electron chi connectivity index (χ4n) is 2.07. The maximum atomic E-state index is 12.1. The third-order valence-corrected chi connectivity index (χ3v) is 4.24. The first-order chi connectivity index (χ1) is 9.23. The van der Waals surface area contributed by atoms with E-state index in [4.69, 9.17) is 4.74 Å². The summed E-state index contributed by atoms with van der Waals surface area (Å²) in [6, 6.07) is 4.18. The highest BCUT2D eigenvalue weighted by molar-refractivity contribution is 7.11. The molecule has 1 aromatic heterocycles. The molecule has 0 aromatic carbocycles. The van der Waals surface area contributed by atoms with E-state index in [-0.39, 0.29) is 17.7 Å². The molecule has 4 nitrogen and oxygen atoms in total. The molecule has 0 aliphatic rings. The Morgan fingerprint density at radius 2 is 2.15 bits per heavy atom. The Bertz CT molecular complexity index is 443. The van der Waals surface area contributed by atoms with E-state index in [1.54, 1.807) is 23.3 Å². The Morgan fingerprint density at radius 3 is 2.65 bits per heavy atom. The van der Waals surface area contributed by atoms with Crippen LogP contribution in [0.15, 0.2) is 12.1 Å². The second-order valence-electron chi connectivity index (χ2n) is 5.89. The molecule has 0 radical (unpaired) electrons. The summed E-state index contributed by atoms with van der Waals surface area (Å²) in [5, 5.41) is 3.01. The molecular formula is C15H26N2O2S. The number of hydrogen-bond donors (Lipinski definition) is 1. The summed E-state index contributed by atoms with van der Waals surface area (Å²) >= 11 is 1.72. The Kier molecular flexibility index (Phi) is 6.02. The van der Waals surface area contributed by atoms with Gasteiger partial charge in [-0.15, -0.1) is 11.3 Å². The number of aryl methyl sites for hydroxylation is 1. The van der Waals surface area contributed by atoms with E-state index in [9.17, 15) is 4.79 Å². The van der Waals surface area contributed by atoms with Crippen molar-refractivity contribution in [2.75, 3.05) is 14.2 Å². The molecule has 5 heteroatoms. The average molecular weight is 298 g/mol. The molecule has 2 amide bonds.